The molecule has 0 saturated carbocycles. The Morgan fingerprint density at radius 3 is 2.93 bits per heavy atom. The lowest BCUT2D eigenvalue weighted by atomic mass is 10.4. The topological polar surface area (TPSA) is 65.2 Å². The number of esters is 1. The van der Waals surface area contributed by atoms with Crippen molar-refractivity contribution in [3.63, 3.8) is 0 Å². The van der Waals surface area contributed by atoms with Gasteiger partial charge in [-0.1, -0.05) is 0 Å². The van der Waals surface area contributed by atoms with Gasteiger partial charge in [-0.2, -0.15) is 0 Å². The van der Waals surface area contributed by atoms with Gasteiger partial charge >= 0.3 is 5.97 Å². The summed E-state index contributed by atoms with van der Waals surface area (Å²) in [6.45, 7) is 1.76. The van der Waals surface area contributed by atoms with E-state index in [0.29, 0.717) is 11.5 Å². The molecule has 0 aromatic carbocycles. The van der Waals surface area contributed by atoms with Gasteiger partial charge < -0.3 is 9.15 Å². The summed E-state index contributed by atoms with van der Waals surface area (Å²) in [6.07, 6.45) is 5.62. The molecule has 0 aliphatic heterocycles. The highest BCUT2D eigenvalue weighted by molar-refractivity contribution is 5.88. The fourth-order valence-electron chi connectivity index (χ4n) is 1.04. The zero-order valence-corrected chi connectivity index (χ0v) is 8.01. The Bertz CT molecular complexity index is 465. The summed E-state index contributed by atoms with van der Waals surface area (Å²) in [5, 5.41) is 0. The molecule has 0 spiro atoms. The molecular weight excluding hydrogens is 196 g/mol. The van der Waals surface area contributed by atoms with Gasteiger partial charge in [-0.3, -0.25) is 4.98 Å². The van der Waals surface area contributed by atoms with Crippen LogP contribution >= 0.6 is 0 Å². The Kier molecular flexibility index (Phi) is 2.45. The summed E-state index contributed by atoms with van der Waals surface area (Å²) in [4.78, 5) is 19.0. The third kappa shape index (κ3) is 2.19. The second kappa shape index (κ2) is 3.91. The van der Waals surface area contributed by atoms with Crippen molar-refractivity contribution >= 4 is 5.97 Å². The van der Waals surface area contributed by atoms with Gasteiger partial charge in [-0.05, 0) is 6.92 Å². The zero-order chi connectivity index (χ0) is 10.7. The van der Waals surface area contributed by atoms with E-state index in [1.165, 1.54) is 24.9 Å². The highest BCUT2D eigenvalue weighted by Gasteiger charge is 2.10. The summed E-state index contributed by atoms with van der Waals surface area (Å²) in [5.74, 6) is 0.490. The number of aromatic nitrogens is 2. The number of aryl methyl sites for hydroxylation is 1. The van der Waals surface area contributed by atoms with Crippen molar-refractivity contribution in [1.29, 1.82) is 0 Å². The predicted octanol–water partition coefficient (Wildman–Crippen LogP) is 1.60. The van der Waals surface area contributed by atoms with Gasteiger partial charge in [-0.25, -0.2) is 9.78 Å². The van der Waals surface area contributed by atoms with Gasteiger partial charge in [0.05, 0.1) is 6.20 Å². The lowest BCUT2D eigenvalue weighted by Crippen LogP contribution is -2.10. The first-order valence-corrected chi connectivity index (χ1v) is 4.29. The fraction of sp³-hybridized carbons (Fsp3) is 0.100. The summed E-state index contributed by atoms with van der Waals surface area (Å²) in [6, 6.07) is 1.62. The lowest BCUT2D eigenvalue weighted by Gasteiger charge is -1.98. The van der Waals surface area contributed by atoms with Crippen molar-refractivity contribution in [2.24, 2.45) is 0 Å². The SMILES string of the molecule is Cc1cc(OC(=O)c2cnccn2)co1. The number of nitrogens with zero attached hydrogens (tertiary/aromatic N) is 2. The summed E-state index contributed by atoms with van der Waals surface area (Å²) in [5.41, 5.74) is 0.163. The largest absolute Gasteiger partial charge is 0.466 e. The molecule has 76 valence electrons. The van der Waals surface area contributed by atoms with Crippen LogP contribution in [-0.2, 0) is 0 Å². The molecule has 2 aromatic heterocycles. The first-order chi connectivity index (χ1) is 7.25. The van der Waals surface area contributed by atoms with Gasteiger partial charge in [0.15, 0.2) is 11.4 Å². The number of furan rings is 1. The minimum atomic E-state index is -0.552. The molecular formula is C10H8N2O3. The molecule has 0 saturated heterocycles. The van der Waals surface area contributed by atoms with Crippen LogP contribution < -0.4 is 4.74 Å². The third-order valence-electron chi connectivity index (χ3n) is 1.69. The first kappa shape index (κ1) is 9.39. The Labute approximate surface area is 85.7 Å². The van der Waals surface area contributed by atoms with E-state index in [9.17, 15) is 4.79 Å². The molecule has 0 aliphatic carbocycles. The van der Waals surface area contributed by atoms with Crippen molar-refractivity contribution in [1.82, 2.24) is 9.97 Å². The van der Waals surface area contributed by atoms with Crippen molar-refractivity contribution < 1.29 is 13.9 Å². The molecule has 2 heterocycles. The van der Waals surface area contributed by atoms with Crippen LogP contribution in [0.1, 0.15) is 16.2 Å². The van der Waals surface area contributed by atoms with E-state index in [2.05, 4.69) is 9.97 Å². The van der Waals surface area contributed by atoms with Crippen LogP contribution in [0.5, 0.6) is 5.75 Å². The normalized spacial score (nSPS) is 9.93. The van der Waals surface area contributed by atoms with E-state index < -0.39 is 5.97 Å². The Hall–Kier alpha value is -2.17. The number of hydrogen-bond acceptors (Lipinski definition) is 5. The van der Waals surface area contributed by atoms with E-state index in [1.54, 1.807) is 13.0 Å². The summed E-state index contributed by atoms with van der Waals surface area (Å²) < 4.78 is 9.97. The fourth-order valence-corrected chi connectivity index (χ4v) is 1.04. The van der Waals surface area contributed by atoms with Gasteiger partial charge in [0.1, 0.15) is 12.0 Å². The summed E-state index contributed by atoms with van der Waals surface area (Å²) in [7, 11) is 0. The van der Waals surface area contributed by atoms with Crippen LogP contribution in [0.15, 0.2) is 35.3 Å². The molecule has 0 bridgehead atoms. The molecule has 0 radical (unpaired) electrons. The quantitative estimate of drug-likeness (QED) is 0.695. The molecule has 2 rings (SSSR count). The molecule has 0 amide bonds. The maximum Gasteiger partial charge on any atom is 0.364 e. The maximum absolute atomic E-state index is 11.5. The second-order valence-electron chi connectivity index (χ2n) is 2.87. The van der Waals surface area contributed by atoms with Crippen LogP contribution in [0.4, 0.5) is 0 Å². The smallest absolute Gasteiger partial charge is 0.364 e. The van der Waals surface area contributed by atoms with E-state index in [1.807, 2.05) is 0 Å². The Morgan fingerprint density at radius 2 is 2.33 bits per heavy atom. The third-order valence-corrected chi connectivity index (χ3v) is 1.69. The predicted molar refractivity (Wildman–Crippen MR) is 50.4 cm³/mol. The second-order valence-corrected chi connectivity index (χ2v) is 2.87. The monoisotopic (exact) mass is 204 g/mol. The molecule has 0 fully saturated rings. The maximum atomic E-state index is 11.5. The van der Waals surface area contributed by atoms with Crippen LogP contribution in [0.25, 0.3) is 0 Å². The molecule has 0 aliphatic rings. The number of carbonyl (C=O) groups excluding carboxylic acids is 1. The highest BCUT2D eigenvalue weighted by Crippen LogP contribution is 2.15. The lowest BCUT2D eigenvalue weighted by molar-refractivity contribution is 0.0727. The molecule has 0 N–H and O–H groups in total. The van der Waals surface area contributed by atoms with Crippen LogP contribution in [0.3, 0.4) is 0 Å². The van der Waals surface area contributed by atoms with E-state index in [-0.39, 0.29) is 5.69 Å². The number of carbonyl (C=O) groups is 1. The molecule has 5 nitrogen and oxygen atoms in total. The average molecular weight is 204 g/mol. The number of ether oxygens (including phenoxy) is 1. The highest BCUT2D eigenvalue weighted by atomic mass is 16.5. The van der Waals surface area contributed by atoms with Crippen LogP contribution in [0.2, 0.25) is 0 Å². The van der Waals surface area contributed by atoms with Crippen molar-refractivity contribution in [3.05, 3.63) is 42.4 Å². The van der Waals surface area contributed by atoms with Crippen LogP contribution in [-0.4, -0.2) is 15.9 Å². The minimum absolute atomic E-state index is 0.163. The van der Waals surface area contributed by atoms with E-state index in [4.69, 9.17) is 9.15 Å². The zero-order valence-electron chi connectivity index (χ0n) is 8.01. The molecule has 15 heavy (non-hydrogen) atoms. The number of hydrogen-bond donors (Lipinski definition) is 0. The number of rotatable bonds is 2. The van der Waals surface area contributed by atoms with Gasteiger partial charge in [0.2, 0.25) is 0 Å². The van der Waals surface area contributed by atoms with Gasteiger partial charge in [0, 0.05) is 18.5 Å². The summed E-state index contributed by atoms with van der Waals surface area (Å²) >= 11 is 0. The standard InChI is InChI=1S/C10H8N2O3/c1-7-4-8(6-14-7)15-10(13)9-5-11-2-3-12-9/h2-6H,1H3. The van der Waals surface area contributed by atoms with Crippen molar-refractivity contribution in [2.75, 3.05) is 0 Å². The average Bonchev–Trinajstić information content (AvgIpc) is 2.65. The first-order valence-electron chi connectivity index (χ1n) is 4.29. The molecule has 0 unspecified atom stereocenters. The van der Waals surface area contributed by atoms with Gasteiger partial charge in [-0.15, -0.1) is 0 Å². The van der Waals surface area contributed by atoms with Crippen LogP contribution in [0, 0.1) is 6.92 Å². The van der Waals surface area contributed by atoms with Crippen molar-refractivity contribution in [3.8, 4) is 5.75 Å². The van der Waals surface area contributed by atoms with E-state index >= 15 is 0 Å². The molecule has 5 heteroatoms. The Morgan fingerprint density at radius 1 is 1.47 bits per heavy atom. The van der Waals surface area contributed by atoms with Crippen molar-refractivity contribution in [2.45, 2.75) is 6.92 Å². The Balaban J connectivity index is 2.11. The minimum Gasteiger partial charge on any atom is -0.466 e. The molecule has 2 aromatic rings. The van der Waals surface area contributed by atoms with Gasteiger partial charge in [0.25, 0.3) is 0 Å². The van der Waals surface area contributed by atoms with E-state index in [0.717, 1.165) is 0 Å². The molecule has 0 atom stereocenters.